The number of hydrogen-bond donors (Lipinski definition) is 1. The Balaban J connectivity index is 1.87. The van der Waals surface area contributed by atoms with Gasteiger partial charge in [0.05, 0.1) is 35.4 Å². The predicted octanol–water partition coefficient (Wildman–Crippen LogP) is 3.06. The van der Waals surface area contributed by atoms with E-state index < -0.39 is 10.8 Å². The summed E-state index contributed by atoms with van der Waals surface area (Å²) in [6, 6.07) is 9.74. The zero-order chi connectivity index (χ0) is 19.4. The van der Waals surface area contributed by atoms with Gasteiger partial charge in [-0.05, 0) is 30.7 Å². The van der Waals surface area contributed by atoms with E-state index >= 15 is 0 Å². The van der Waals surface area contributed by atoms with Crippen molar-refractivity contribution in [3.63, 3.8) is 0 Å². The second-order valence-corrected chi connectivity index (χ2v) is 6.30. The number of morpholine rings is 1. The van der Waals surface area contributed by atoms with Crippen molar-refractivity contribution < 1.29 is 18.8 Å². The lowest BCUT2D eigenvalue weighted by Gasteiger charge is -2.30. The molecule has 0 bridgehead atoms. The Morgan fingerprint density at radius 2 is 1.89 bits per heavy atom. The standard InChI is InChI=1S/C19H20FN3O4/c1-13(14-2-4-15(20)5-3-14)21-19(24)17-12-16(23(25)26)6-7-18(17)22-8-10-27-11-9-22/h2-7,12-13H,8-11H2,1H3,(H,21,24)/t13-/m0/s1. The van der Waals surface area contributed by atoms with Gasteiger partial charge in [-0.3, -0.25) is 14.9 Å². The first-order valence-electron chi connectivity index (χ1n) is 8.63. The molecule has 1 N–H and O–H groups in total. The van der Waals surface area contributed by atoms with Gasteiger partial charge in [0, 0.05) is 25.2 Å². The van der Waals surface area contributed by atoms with Crippen molar-refractivity contribution in [1.82, 2.24) is 5.32 Å². The zero-order valence-electron chi connectivity index (χ0n) is 14.9. The molecule has 142 valence electrons. The first-order valence-corrected chi connectivity index (χ1v) is 8.63. The third-order valence-corrected chi connectivity index (χ3v) is 4.50. The minimum atomic E-state index is -0.525. The maximum atomic E-state index is 13.1. The maximum absolute atomic E-state index is 13.1. The molecule has 1 aliphatic rings. The summed E-state index contributed by atoms with van der Waals surface area (Å²) in [6.45, 7) is 4.04. The summed E-state index contributed by atoms with van der Waals surface area (Å²) in [5, 5.41) is 14.0. The normalized spacial score (nSPS) is 15.3. The highest BCUT2D eigenvalue weighted by molar-refractivity contribution is 6.00. The van der Waals surface area contributed by atoms with Gasteiger partial charge in [-0.1, -0.05) is 12.1 Å². The van der Waals surface area contributed by atoms with Crippen LogP contribution in [0, 0.1) is 15.9 Å². The molecule has 8 heteroatoms. The Morgan fingerprint density at radius 3 is 2.52 bits per heavy atom. The highest BCUT2D eigenvalue weighted by Crippen LogP contribution is 2.27. The summed E-state index contributed by atoms with van der Waals surface area (Å²) in [7, 11) is 0. The Morgan fingerprint density at radius 1 is 1.22 bits per heavy atom. The number of nitrogens with zero attached hydrogens (tertiary/aromatic N) is 2. The molecular weight excluding hydrogens is 353 g/mol. The van der Waals surface area contributed by atoms with Gasteiger partial charge in [0.15, 0.2) is 0 Å². The molecule has 7 nitrogen and oxygen atoms in total. The van der Waals surface area contributed by atoms with E-state index in [1.807, 2.05) is 4.90 Å². The molecule has 0 aromatic heterocycles. The maximum Gasteiger partial charge on any atom is 0.270 e. The Kier molecular flexibility index (Phi) is 5.66. The van der Waals surface area contributed by atoms with Crippen LogP contribution in [0.2, 0.25) is 0 Å². The molecule has 1 amide bonds. The van der Waals surface area contributed by atoms with Crippen molar-refractivity contribution in [2.75, 3.05) is 31.2 Å². The van der Waals surface area contributed by atoms with Gasteiger partial charge in [0.1, 0.15) is 5.82 Å². The SMILES string of the molecule is C[C@H](NC(=O)c1cc([N+](=O)[O-])ccc1N1CCOCC1)c1ccc(F)cc1. The molecule has 1 saturated heterocycles. The van der Waals surface area contributed by atoms with Crippen LogP contribution in [-0.2, 0) is 4.74 Å². The Hall–Kier alpha value is -3.00. The fourth-order valence-corrected chi connectivity index (χ4v) is 3.01. The van der Waals surface area contributed by atoms with Gasteiger partial charge in [-0.15, -0.1) is 0 Å². The number of nitrogens with one attached hydrogen (secondary N) is 1. The van der Waals surface area contributed by atoms with Crippen molar-refractivity contribution in [3.05, 3.63) is 69.5 Å². The molecule has 0 aliphatic carbocycles. The third-order valence-electron chi connectivity index (χ3n) is 4.50. The van der Waals surface area contributed by atoms with Gasteiger partial charge in [-0.25, -0.2) is 4.39 Å². The molecule has 0 spiro atoms. The van der Waals surface area contributed by atoms with E-state index in [0.717, 1.165) is 5.56 Å². The van der Waals surface area contributed by atoms with Crippen LogP contribution in [0.3, 0.4) is 0 Å². The number of carbonyl (C=O) groups excluding carboxylic acids is 1. The van der Waals surface area contributed by atoms with Crippen LogP contribution in [0.1, 0.15) is 28.9 Å². The molecule has 1 aliphatic heterocycles. The van der Waals surface area contributed by atoms with Gasteiger partial charge in [0.25, 0.3) is 11.6 Å². The van der Waals surface area contributed by atoms with Gasteiger partial charge in [-0.2, -0.15) is 0 Å². The summed E-state index contributed by atoms with van der Waals surface area (Å²) < 4.78 is 18.4. The van der Waals surface area contributed by atoms with Gasteiger partial charge >= 0.3 is 0 Å². The number of rotatable bonds is 5. The molecule has 1 fully saturated rings. The number of amides is 1. The predicted molar refractivity (Wildman–Crippen MR) is 98.4 cm³/mol. The molecule has 0 radical (unpaired) electrons. The Labute approximate surface area is 155 Å². The summed E-state index contributed by atoms with van der Waals surface area (Å²) in [4.78, 5) is 25.5. The fraction of sp³-hybridized carbons (Fsp3) is 0.316. The lowest BCUT2D eigenvalue weighted by molar-refractivity contribution is -0.384. The highest BCUT2D eigenvalue weighted by Gasteiger charge is 2.23. The van der Waals surface area contributed by atoms with Crippen LogP contribution in [0.15, 0.2) is 42.5 Å². The van der Waals surface area contributed by atoms with Crippen LogP contribution in [0.4, 0.5) is 15.8 Å². The first kappa shape index (κ1) is 18.8. The first-order chi connectivity index (χ1) is 13.0. The third kappa shape index (κ3) is 4.40. The number of non-ortho nitro benzene ring substituents is 1. The van der Waals surface area contributed by atoms with Crippen molar-refractivity contribution in [2.24, 2.45) is 0 Å². The van der Waals surface area contributed by atoms with Crippen LogP contribution in [0.5, 0.6) is 0 Å². The molecule has 0 unspecified atom stereocenters. The lowest BCUT2D eigenvalue weighted by Crippen LogP contribution is -2.38. The van der Waals surface area contributed by atoms with E-state index in [2.05, 4.69) is 5.32 Å². The molecule has 27 heavy (non-hydrogen) atoms. The number of benzene rings is 2. The van der Waals surface area contributed by atoms with Gasteiger partial charge < -0.3 is 15.0 Å². The summed E-state index contributed by atoms with van der Waals surface area (Å²) in [5.41, 5.74) is 1.46. The van der Waals surface area contributed by atoms with E-state index in [4.69, 9.17) is 4.74 Å². The summed E-state index contributed by atoms with van der Waals surface area (Å²) >= 11 is 0. The van der Waals surface area contributed by atoms with E-state index in [1.165, 1.54) is 24.3 Å². The molecule has 1 heterocycles. The summed E-state index contributed by atoms with van der Waals surface area (Å²) in [6.07, 6.45) is 0. The van der Waals surface area contributed by atoms with Gasteiger partial charge in [0.2, 0.25) is 0 Å². The minimum absolute atomic E-state index is 0.147. The second kappa shape index (κ2) is 8.13. The number of nitro groups is 1. The van der Waals surface area contributed by atoms with Crippen molar-refractivity contribution >= 4 is 17.3 Å². The average Bonchev–Trinajstić information content (AvgIpc) is 2.68. The van der Waals surface area contributed by atoms with E-state index in [0.29, 0.717) is 32.0 Å². The smallest absolute Gasteiger partial charge is 0.270 e. The van der Waals surface area contributed by atoms with E-state index in [-0.39, 0.29) is 23.1 Å². The quantitative estimate of drug-likeness (QED) is 0.643. The average molecular weight is 373 g/mol. The molecule has 0 saturated carbocycles. The lowest BCUT2D eigenvalue weighted by atomic mass is 10.1. The van der Waals surface area contributed by atoms with Crippen molar-refractivity contribution in [1.29, 1.82) is 0 Å². The molecular formula is C19H20FN3O4. The largest absolute Gasteiger partial charge is 0.378 e. The number of anilines is 1. The monoisotopic (exact) mass is 373 g/mol. The van der Waals surface area contributed by atoms with Crippen LogP contribution >= 0.6 is 0 Å². The molecule has 2 aromatic carbocycles. The fourth-order valence-electron chi connectivity index (χ4n) is 3.01. The number of ether oxygens (including phenoxy) is 1. The van der Waals surface area contributed by atoms with Crippen LogP contribution < -0.4 is 10.2 Å². The van der Waals surface area contributed by atoms with E-state index in [1.54, 1.807) is 25.1 Å². The Bertz CT molecular complexity index is 835. The van der Waals surface area contributed by atoms with E-state index in [9.17, 15) is 19.3 Å². The summed E-state index contributed by atoms with van der Waals surface area (Å²) in [5.74, 6) is -0.775. The van der Waals surface area contributed by atoms with Crippen LogP contribution in [0.25, 0.3) is 0 Å². The van der Waals surface area contributed by atoms with Crippen molar-refractivity contribution in [3.8, 4) is 0 Å². The number of nitro benzene ring substituents is 1. The molecule has 3 rings (SSSR count). The molecule has 2 aromatic rings. The topological polar surface area (TPSA) is 84.7 Å². The second-order valence-electron chi connectivity index (χ2n) is 6.30. The zero-order valence-corrected chi connectivity index (χ0v) is 14.9. The van der Waals surface area contributed by atoms with Crippen molar-refractivity contribution in [2.45, 2.75) is 13.0 Å². The van der Waals surface area contributed by atoms with Crippen LogP contribution in [-0.4, -0.2) is 37.1 Å². The number of carbonyl (C=O) groups is 1. The molecule has 1 atom stereocenters. The number of halogens is 1. The highest BCUT2D eigenvalue weighted by atomic mass is 19.1. The number of hydrogen-bond acceptors (Lipinski definition) is 5. The minimum Gasteiger partial charge on any atom is -0.378 e.